The molecule has 0 unspecified atom stereocenters. The molecule has 6 nitrogen and oxygen atoms in total. The standard InChI is InChI=1S/C9H17NO3S.C7H7NO/c1-2-3-4-5-8(11)10-7(6-14)9(12)13;8-7(9)6-4-2-1-3-5-6/h7,14H,2-6H2,1H3,(H,10,11)(H,12,13);1-5H,(H2,8,9)/t7-;/m0./s1. The van der Waals surface area contributed by atoms with Crippen LogP contribution in [-0.4, -0.2) is 34.7 Å². The van der Waals surface area contributed by atoms with E-state index >= 15 is 0 Å². The molecule has 1 rings (SSSR count). The summed E-state index contributed by atoms with van der Waals surface area (Å²) in [6.07, 6.45) is 3.24. The maximum atomic E-state index is 11.2. The van der Waals surface area contributed by atoms with E-state index in [1.54, 1.807) is 24.3 Å². The molecular formula is C16H24N2O4S. The zero-order valence-electron chi connectivity index (χ0n) is 13.2. The summed E-state index contributed by atoms with van der Waals surface area (Å²) in [4.78, 5) is 32.1. The topological polar surface area (TPSA) is 109 Å². The van der Waals surface area contributed by atoms with Crippen molar-refractivity contribution < 1.29 is 19.5 Å². The molecule has 0 aromatic heterocycles. The van der Waals surface area contributed by atoms with Crippen molar-refractivity contribution in [2.24, 2.45) is 5.73 Å². The van der Waals surface area contributed by atoms with E-state index in [4.69, 9.17) is 10.8 Å². The van der Waals surface area contributed by atoms with Crippen LogP contribution in [0.1, 0.15) is 43.0 Å². The second-order valence-electron chi connectivity index (χ2n) is 4.83. The maximum Gasteiger partial charge on any atom is 0.327 e. The fourth-order valence-corrected chi connectivity index (χ4v) is 1.84. The third-order valence-electron chi connectivity index (χ3n) is 2.88. The van der Waals surface area contributed by atoms with E-state index in [0.717, 1.165) is 19.3 Å². The van der Waals surface area contributed by atoms with Crippen LogP contribution in [0.4, 0.5) is 0 Å². The lowest BCUT2D eigenvalue weighted by molar-refractivity contribution is -0.141. The number of nitrogens with two attached hydrogens (primary N) is 1. The maximum absolute atomic E-state index is 11.2. The molecule has 0 aliphatic carbocycles. The highest BCUT2D eigenvalue weighted by atomic mass is 32.1. The fourth-order valence-electron chi connectivity index (χ4n) is 1.59. The lowest BCUT2D eigenvalue weighted by Crippen LogP contribution is -2.42. The van der Waals surface area contributed by atoms with Crippen molar-refractivity contribution in [3.05, 3.63) is 35.9 Å². The van der Waals surface area contributed by atoms with E-state index in [9.17, 15) is 14.4 Å². The summed E-state index contributed by atoms with van der Waals surface area (Å²) in [5.41, 5.74) is 5.53. The van der Waals surface area contributed by atoms with Crippen LogP contribution in [0.25, 0.3) is 0 Å². The fraction of sp³-hybridized carbons (Fsp3) is 0.438. The zero-order chi connectivity index (χ0) is 17.7. The molecular weight excluding hydrogens is 316 g/mol. The third kappa shape index (κ3) is 10.4. The highest BCUT2D eigenvalue weighted by molar-refractivity contribution is 7.80. The Morgan fingerprint density at radius 1 is 1.22 bits per heavy atom. The molecule has 2 amide bonds. The Morgan fingerprint density at radius 2 is 1.83 bits per heavy atom. The largest absolute Gasteiger partial charge is 0.480 e. The lowest BCUT2D eigenvalue weighted by atomic mass is 10.2. The van der Waals surface area contributed by atoms with E-state index in [1.165, 1.54) is 0 Å². The number of thiol groups is 1. The van der Waals surface area contributed by atoms with Gasteiger partial charge in [0.2, 0.25) is 11.8 Å². The number of benzene rings is 1. The van der Waals surface area contributed by atoms with Crippen LogP contribution < -0.4 is 11.1 Å². The molecule has 128 valence electrons. The van der Waals surface area contributed by atoms with Crippen LogP contribution in [0.2, 0.25) is 0 Å². The molecule has 0 aliphatic rings. The Labute approximate surface area is 141 Å². The van der Waals surface area contributed by atoms with Gasteiger partial charge in [0, 0.05) is 17.7 Å². The predicted octanol–water partition coefficient (Wildman–Crippen LogP) is 1.85. The molecule has 7 heteroatoms. The second-order valence-corrected chi connectivity index (χ2v) is 5.19. The molecule has 0 fully saturated rings. The summed E-state index contributed by atoms with van der Waals surface area (Å²) in [5.74, 6) is -1.51. The molecule has 0 bridgehead atoms. The van der Waals surface area contributed by atoms with Crippen molar-refractivity contribution in [3.63, 3.8) is 0 Å². The number of carbonyl (C=O) groups excluding carboxylic acids is 2. The molecule has 1 aromatic carbocycles. The van der Waals surface area contributed by atoms with Crippen LogP contribution in [0.3, 0.4) is 0 Å². The van der Waals surface area contributed by atoms with E-state index in [2.05, 4.69) is 17.9 Å². The Morgan fingerprint density at radius 3 is 2.22 bits per heavy atom. The summed E-state index contributed by atoms with van der Waals surface area (Å²) in [5, 5.41) is 11.0. The molecule has 0 radical (unpaired) electrons. The van der Waals surface area contributed by atoms with Gasteiger partial charge in [-0.15, -0.1) is 0 Å². The number of hydrogen-bond donors (Lipinski definition) is 4. The van der Waals surface area contributed by atoms with Gasteiger partial charge < -0.3 is 16.2 Å². The molecule has 1 atom stereocenters. The number of amides is 2. The number of primary amides is 1. The summed E-state index contributed by atoms with van der Waals surface area (Å²) < 4.78 is 0. The molecule has 0 saturated heterocycles. The minimum Gasteiger partial charge on any atom is -0.480 e. The van der Waals surface area contributed by atoms with Gasteiger partial charge in [-0.1, -0.05) is 38.0 Å². The average molecular weight is 340 g/mol. The summed E-state index contributed by atoms with van der Waals surface area (Å²) in [6, 6.07) is 7.89. The highest BCUT2D eigenvalue weighted by Crippen LogP contribution is 1.99. The minimum absolute atomic E-state index is 0.120. The van der Waals surface area contributed by atoms with Crippen LogP contribution in [-0.2, 0) is 9.59 Å². The smallest absolute Gasteiger partial charge is 0.327 e. The molecule has 0 spiro atoms. The molecule has 0 aliphatic heterocycles. The monoisotopic (exact) mass is 340 g/mol. The SMILES string of the molecule is CCCCCC(=O)N[C@@H](CS)C(=O)O.NC(=O)c1ccccc1. The first-order valence-corrected chi connectivity index (χ1v) is 8.03. The van der Waals surface area contributed by atoms with E-state index in [-0.39, 0.29) is 17.6 Å². The molecule has 1 aromatic rings. The molecule has 0 heterocycles. The first-order chi connectivity index (χ1) is 10.9. The van der Waals surface area contributed by atoms with Gasteiger partial charge in [-0.3, -0.25) is 9.59 Å². The molecule has 4 N–H and O–H groups in total. The first-order valence-electron chi connectivity index (χ1n) is 7.40. The number of aliphatic carboxylic acids is 1. The number of carbonyl (C=O) groups is 3. The van der Waals surface area contributed by atoms with Crippen molar-refractivity contribution in [2.75, 3.05) is 5.75 Å². The van der Waals surface area contributed by atoms with Gasteiger partial charge in [0.15, 0.2) is 0 Å². The van der Waals surface area contributed by atoms with Crippen molar-refractivity contribution in [1.82, 2.24) is 5.32 Å². The van der Waals surface area contributed by atoms with E-state index < -0.39 is 12.0 Å². The van der Waals surface area contributed by atoms with Crippen molar-refractivity contribution in [1.29, 1.82) is 0 Å². The number of unbranched alkanes of at least 4 members (excludes halogenated alkanes) is 2. The van der Waals surface area contributed by atoms with Gasteiger partial charge in [-0.05, 0) is 18.6 Å². The quantitative estimate of drug-likeness (QED) is 0.427. The number of nitrogens with one attached hydrogen (secondary N) is 1. The van der Waals surface area contributed by atoms with Crippen molar-refractivity contribution in [2.45, 2.75) is 38.6 Å². The number of rotatable bonds is 8. The number of hydrogen-bond acceptors (Lipinski definition) is 4. The van der Waals surface area contributed by atoms with Gasteiger partial charge in [-0.2, -0.15) is 12.6 Å². The Kier molecular flexibility index (Phi) is 11.4. The first kappa shape index (κ1) is 21.0. The summed E-state index contributed by atoms with van der Waals surface area (Å²) in [6.45, 7) is 2.05. The van der Waals surface area contributed by atoms with Crippen LogP contribution in [0.15, 0.2) is 30.3 Å². The average Bonchev–Trinajstić information content (AvgIpc) is 2.54. The number of carboxylic acids is 1. The Bertz CT molecular complexity index is 494. The van der Waals surface area contributed by atoms with Gasteiger partial charge in [0.1, 0.15) is 6.04 Å². The Hall–Kier alpha value is -2.02. The molecule has 23 heavy (non-hydrogen) atoms. The number of carboxylic acid groups (broad SMARTS) is 1. The van der Waals surface area contributed by atoms with E-state index in [0.29, 0.717) is 12.0 Å². The third-order valence-corrected chi connectivity index (χ3v) is 3.25. The van der Waals surface area contributed by atoms with Gasteiger partial charge in [-0.25, -0.2) is 4.79 Å². The lowest BCUT2D eigenvalue weighted by Gasteiger charge is -2.11. The normalized spacial score (nSPS) is 10.9. The van der Waals surface area contributed by atoms with Gasteiger partial charge in [0.05, 0.1) is 0 Å². The van der Waals surface area contributed by atoms with Crippen molar-refractivity contribution in [3.8, 4) is 0 Å². The molecule has 0 saturated carbocycles. The Balaban J connectivity index is 0.000000459. The predicted molar refractivity (Wildman–Crippen MR) is 92.5 cm³/mol. The second kappa shape index (κ2) is 12.5. The zero-order valence-corrected chi connectivity index (χ0v) is 14.1. The van der Waals surface area contributed by atoms with Gasteiger partial charge in [0.25, 0.3) is 0 Å². The van der Waals surface area contributed by atoms with Crippen LogP contribution in [0.5, 0.6) is 0 Å². The van der Waals surface area contributed by atoms with Crippen LogP contribution in [0, 0.1) is 0 Å². The van der Waals surface area contributed by atoms with E-state index in [1.807, 2.05) is 13.0 Å². The summed E-state index contributed by atoms with van der Waals surface area (Å²) >= 11 is 3.84. The van der Waals surface area contributed by atoms with Crippen molar-refractivity contribution >= 4 is 30.4 Å². The summed E-state index contributed by atoms with van der Waals surface area (Å²) in [7, 11) is 0. The van der Waals surface area contributed by atoms with Gasteiger partial charge >= 0.3 is 5.97 Å². The van der Waals surface area contributed by atoms with Crippen LogP contribution >= 0.6 is 12.6 Å². The highest BCUT2D eigenvalue weighted by Gasteiger charge is 2.17. The minimum atomic E-state index is -1.04.